The van der Waals surface area contributed by atoms with Crippen molar-refractivity contribution >= 4 is 0 Å². The minimum atomic E-state index is 0.625. The SMILES string of the molecule is CCCOCCc1nc(-c2ccccc2)no1. The van der Waals surface area contributed by atoms with Gasteiger partial charge in [-0.3, -0.25) is 0 Å². The smallest absolute Gasteiger partial charge is 0.229 e. The summed E-state index contributed by atoms with van der Waals surface area (Å²) in [4.78, 5) is 4.32. The molecule has 17 heavy (non-hydrogen) atoms. The van der Waals surface area contributed by atoms with E-state index >= 15 is 0 Å². The first kappa shape index (κ1) is 11.8. The molecule has 1 aromatic heterocycles. The molecule has 0 bridgehead atoms. The van der Waals surface area contributed by atoms with Crippen LogP contribution in [0.15, 0.2) is 34.9 Å². The van der Waals surface area contributed by atoms with Crippen LogP contribution in [0.5, 0.6) is 0 Å². The van der Waals surface area contributed by atoms with Gasteiger partial charge in [-0.05, 0) is 6.42 Å². The van der Waals surface area contributed by atoms with Gasteiger partial charge < -0.3 is 9.26 Å². The first-order valence-electron chi connectivity index (χ1n) is 5.86. The molecule has 0 radical (unpaired) electrons. The van der Waals surface area contributed by atoms with Crippen LogP contribution >= 0.6 is 0 Å². The van der Waals surface area contributed by atoms with E-state index in [1.165, 1.54) is 0 Å². The fourth-order valence-corrected chi connectivity index (χ4v) is 1.47. The minimum absolute atomic E-state index is 0.625. The van der Waals surface area contributed by atoms with Crippen molar-refractivity contribution in [1.82, 2.24) is 10.1 Å². The van der Waals surface area contributed by atoms with Crippen molar-refractivity contribution in [2.45, 2.75) is 19.8 Å². The lowest BCUT2D eigenvalue weighted by atomic mass is 10.2. The standard InChI is InChI=1S/C13H16N2O2/c1-2-9-16-10-8-12-14-13(15-17-12)11-6-4-3-5-7-11/h3-7H,2,8-10H2,1H3. The highest BCUT2D eigenvalue weighted by molar-refractivity contribution is 5.53. The van der Waals surface area contributed by atoms with E-state index in [-0.39, 0.29) is 0 Å². The van der Waals surface area contributed by atoms with Crippen molar-refractivity contribution in [3.8, 4) is 11.4 Å². The number of nitrogens with zero attached hydrogens (tertiary/aromatic N) is 2. The molecule has 0 aliphatic rings. The van der Waals surface area contributed by atoms with Gasteiger partial charge in [0.2, 0.25) is 11.7 Å². The predicted octanol–water partition coefficient (Wildman–Crippen LogP) is 2.71. The monoisotopic (exact) mass is 232 g/mol. The van der Waals surface area contributed by atoms with E-state index in [4.69, 9.17) is 9.26 Å². The lowest BCUT2D eigenvalue weighted by molar-refractivity contribution is 0.132. The summed E-state index contributed by atoms with van der Waals surface area (Å²) < 4.78 is 10.5. The Hall–Kier alpha value is -1.68. The summed E-state index contributed by atoms with van der Waals surface area (Å²) in [6.45, 7) is 3.49. The maximum atomic E-state index is 5.37. The molecule has 0 aliphatic heterocycles. The molecule has 2 aromatic rings. The van der Waals surface area contributed by atoms with E-state index in [2.05, 4.69) is 17.1 Å². The highest BCUT2D eigenvalue weighted by atomic mass is 16.5. The van der Waals surface area contributed by atoms with Gasteiger partial charge in [-0.15, -0.1) is 0 Å². The minimum Gasteiger partial charge on any atom is -0.381 e. The van der Waals surface area contributed by atoms with E-state index in [0.717, 1.165) is 18.6 Å². The molecular formula is C13H16N2O2. The maximum absolute atomic E-state index is 5.37. The third kappa shape index (κ3) is 3.39. The van der Waals surface area contributed by atoms with Gasteiger partial charge in [-0.25, -0.2) is 0 Å². The molecule has 0 atom stereocenters. The third-order valence-corrected chi connectivity index (χ3v) is 2.31. The second-order valence-corrected chi connectivity index (χ2v) is 3.74. The zero-order valence-electron chi connectivity index (χ0n) is 9.93. The van der Waals surface area contributed by atoms with Crippen LogP contribution in [-0.2, 0) is 11.2 Å². The zero-order valence-corrected chi connectivity index (χ0v) is 9.93. The molecule has 0 saturated carbocycles. The summed E-state index contributed by atoms with van der Waals surface area (Å²) in [6.07, 6.45) is 1.69. The fourth-order valence-electron chi connectivity index (χ4n) is 1.47. The average molecular weight is 232 g/mol. The van der Waals surface area contributed by atoms with Crippen LogP contribution in [0.25, 0.3) is 11.4 Å². The van der Waals surface area contributed by atoms with Gasteiger partial charge in [0.25, 0.3) is 0 Å². The number of ether oxygens (including phenoxy) is 1. The van der Waals surface area contributed by atoms with Crippen LogP contribution in [-0.4, -0.2) is 23.4 Å². The van der Waals surface area contributed by atoms with Crippen LogP contribution in [0.4, 0.5) is 0 Å². The number of hydrogen-bond donors (Lipinski definition) is 0. The van der Waals surface area contributed by atoms with Gasteiger partial charge in [0.05, 0.1) is 13.0 Å². The van der Waals surface area contributed by atoms with E-state index in [1.54, 1.807) is 0 Å². The predicted molar refractivity (Wildman–Crippen MR) is 64.5 cm³/mol. The number of rotatable bonds is 6. The Labute approximate surface area is 101 Å². The zero-order chi connectivity index (χ0) is 11.9. The van der Waals surface area contributed by atoms with Crippen LogP contribution in [0.2, 0.25) is 0 Å². The first-order chi connectivity index (χ1) is 8.40. The van der Waals surface area contributed by atoms with Crippen molar-refractivity contribution in [2.75, 3.05) is 13.2 Å². The summed E-state index contributed by atoms with van der Waals surface area (Å²) in [5.74, 6) is 1.26. The Kier molecular flexibility index (Phi) is 4.27. The topological polar surface area (TPSA) is 48.2 Å². The molecule has 0 amide bonds. The lowest BCUT2D eigenvalue weighted by Gasteiger charge is -1.97. The average Bonchev–Trinajstić information content (AvgIpc) is 2.85. The fraction of sp³-hybridized carbons (Fsp3) is 0.385. The molecule has 0 saturated heterocycles. The van der Waals surface area contributed by atoms with E-state index < -0.39 is 0 Å². The molecule has 4 nitrogen and oxygen atoms in total. The van der Waals surface area contributed by atoms with Crippen molar-refractivity contribution in [3.63, 3.8) is 0 Å². The Morgan fingerprint density at radius 1 is 1.18 bits per heavy atom. The molecule has 2 rings (SSSR count). The Balaban J connectivity index is 1.92. The molecule has 0 fully saturated rings. The largest absolute Gasteiger partial charge is 0.381 e. The molecule has 0 spiro atoms. The van der Waals surface area contributed by atoms with Crippen LogP contribution in [0, 0.1) is 0 Å². The van der Waals surface area contributed by atoms with E-state index in [0.29, 0.717) is 24.7 Å². The van der Waals surface area contributed by atoms with Gasteiger partial charge in [0.1, 0.15) is 0 Å². The highest BCUT2D eigenvalue weighted by Gasteiger charge is 2.07. The van der Waals surface area contributed by atoms with Gasteiger partial charge in [-0.1, -0.05) is 42.4 Å². The van der Waals surface area contributed by atoms with Crippen molar-refractivity contribution in [2.24, 2.45) is 0 Å². The summed E-state index contributed by atoms with van der Waals surface area (Å²) in [5.41, 5.74) is 0.969. The van der Waals surface area contributed by atoms with Crippen LogP contribution in [0.3, 0.4) is 0 Å². The molecule has 0 unspecified atom stereocenters. The number of aromatic nitrogens is 2. The van der Waals surface area contributed by atoms with Crippen molar-refractivity contribution < 1.29 is 9.26 Å². The Morgan fingerprint density at radius 3 is 2.76 bits per heavy atom. The Morgan fingerprint density at radius 2 is 2.00 bits per heavy atom. The molecule has 4 heteroatoms. The quantitative estimate of drug-likeness (QED) is 0.718. The van der Waals surface area contributed by atoms with Crippen molar-refractivity contribution in [3.05, 3.63) is 36.2 Å². The molecule has 90 valence electrons. The maximum Gasteiger partial charge on any atom is 0.229 e. The molecule has 1 heterocycles. The number of hydrogen-bond acceptors (Lipinski definition) is 4. The lowest BCUT2D eigenvalue weighted by Crippen LogP contribution is -1.99. The molecule has 1 aromatic carbocycles. The van der Waals surface area contributed by atoms with E-state index in [1.807, 2.05) is 30.3 Å². The summed E-state index contributed by atoms with van der Waals surface area (Å²) in [6, 6.07) is 9.79. The second-order valence-electron chi connectivity index (χ2n) is 3.74. The Bertz CT molecular complexity index is 440. The summed E-state index contributed by atoms with van der Waals surface area (Å²) in [7, 11) is 0. The summed E-state index contributed by atoms with van der Waals surface area (Å²) >= 11 is 0. The van der Waals surface area contributed by atoms with Crippen LogP contribution in [0.1, 0.15) is 19.2 Å². The van der Waals surface area contributed by atoms with Gasteiger partial charge in [-0.2, -0.15) is 4.98 Å². The van der Waals surface area contributed by atoms with Crippen LogP contribution < -0.4 is 0 Å². The van der Waals surface area contributed by atoms with Crippen molar-refractivity contribution in [1.29, 1.82) is 0 Å². The van der Waals surface area contributed by atoms with E-state index in [9.17, 15) is 0 Å². The normalized spacial score (nSPS) is 10.6. The third-order valence-electron chi connectivity index (χ3n) is 2.31. The summed E-state index contributed by atoms with van der Waals surface area (Å²) in [5, 5.41) is 3.94. The van der Waals surface area contributed by atoms with Gasteiger partial charge >= 0.3 is 0 Å². The molecule has 0 aliphatic carbocycles. The molecule has 0 N–H and O–H groups in total. The van der Waals surface area contributed by atoms with Gasteiger partial charge in [0, 0.05) is 12.2 Å². The number of benzene rings is 1. The molecular weight excluding hydrogens is 216 g/mol. The highest BCUT2D eigenvalue weighted by Crippen LogP contribution is 2.14. The second kappa shape index (κ2) is 6.15. The van der Waals surface area contributed by atoms with Gasteiger partial charge in [0.15, 0.2) is 0 Å². The first-order valence-corrected chi connectivity index (χ1v) is 5.86.